The summed E-state index contributed by atoms with van der Waals surface area (Å²) in [7, 11) is 2.04. The molecule has 0 aliphatic heterocycles. The van der Waals surface area contributed by atoms with Crippen molar-refractivity contribution in [3.8, 4) is 0 Å². The highest BCUT2D eigenvalue weighted by atomic mass is 32.2. The monoisotopic (exact) mass is 178 g/mol. The summed E-state index contributed by atoms with van der Waals surface area (Å²) < 4.78 is 2.10. The number of aryl methyl sites for hydroxylation is 1. The van der Waals surface area contributed by atoms with E-state index in [1.54, 1.807) is 0 Å². The predicted octanol–water partition coefficient (Wildman–Crippen LogP) is 2.14. The molecule has 0 aliphatic rings. The van der Waals surface area contributed by atoms with Crippen molar-refractivity contribution < 1.29 is 0 Å². The Morgan fingerprint density at radius 2 is 2.17 bits per heavy atom. The van der Waals surface area contributed by atoms with E-state index in [4.69, 9.17) is 5.14 Å². The highest BCUT2D eigenvalue weighted by molar-refractivity contribution is 7.97. The van der Waals surface area contributed by atoms with Crippen molar-refractivity contribution in [2.75, 3.05) is 0 Å². The largest absolute Gasteiger partial charge is 0.351 e. The fourth-order valence-electron chi connectivity index (χ4n) is 1.33. The lowest BCUT2D eigenvalue weighted by Crippen LogP contribution is -1.84. The van der Waals surface area contributed by atoms with E-state index >= 15 is 0 Å². The van der Waals surface area contributed by atoms with Gasteiger partial charge in [-0.3, -0.25) is 5.14 Å². The van der Waals surface area contributed by atoms with Crippen LogP contribution in [-0.4, -0.2) is 4.57 Å². The number of nitrogens with zero attached hydrogens (tertiary/aromatic N) is 1. The van der Waals surface area contributed by atoms with E-state index in [-0.39, 0.29) is 0 Å². The second-order valence-electron chi connectivity index (χ2n) is 2.77. The zero-order chi connectivity index (χ0) is 8.55. The normalized spacial score (nSPS) is 10.8. The second-order valence-corrected chi connectivity index (χ2v) is 3.47. The van der Waals surface area contributed by atoms with E-state index in [2.05, 4.69) is 29.0 Å². The first kappa shape index (κ1) is 7.71. The molecular weight excluding hydrogens is 168 g/mol. The Balaban J connectivity index is 2.69. The van der Waals surface area contributed by atoms with Gasteiger partial charge in [-0.05, 0) is 36.2 Å². The predicted molar refractivity (Wildman–Crippen MR) is 53.0 cm³/mol. The molecule has 0 saturated carbocycles. The van der Waals surface area contributed by atoms with Crippen LogP contribution >= 0.6 is 11.9 Å². The Hall–Kier alpha value is -0.930. The van der Waals surface area contributed by atoms with Crippen molar-refractivity contribution in [3.63, 3.8) is 0 Å². The Morgan fingerprint density at radius 1 is 1.33 bits per heavy atom. The highest BCUT2D eigenvalue weighted by Gasteiger charge is 1.97. The molecule has 0 amide bonds. The summed E-state index contributed by atoms with van der Waals surface area (Å²) in [6.07, 6.45) is 2.05. The molecule has 2 nitrogen and oxygen atoms in total. The fraction of sp³-hybridized carbons (Fsp3) is 0.111. The third-order valence-corrected chi connectivity index (χ3v) is 2.52. The molecule has 0 radical (unpaired) electrons. The maximum atomic E-state index is 5.46. The summed E-state index contributed by atoms with van der Waals surface area (Å²) in [5, 5.41) is 6.70. The quantitative estimate of drug-likeness (QED) is 0.678. The van der Waals surface area contributed by atoms with Crippen LogP contribution in [0.5, 0.6) is 0 Å². The standard InChI is InChI=1S/C9H10N2S/c1-11-5-4-7-6-8(12-10)2-3-9(7)11/h2-6H,10H2,1H3. The molecule has 1 aromatic heterocycles. The molecule has 0 bridgehead atoms. The summed E-state index contributed by atoms with van der Waals surface area (Å²) in [5.41, 5.74) is 1.24. The molecular formula is C9H10N2S. The first-order valence-corrected chi connectivity index (χ1v) is 4.61. The molecule has 1 heterocycles. The van der Waals surface area contributed by atoms with Crippen molar-refractivity contribution in [2.45, 2.75) is 4.90 Å². The summed E-state index contributed by atoms with van der Waals surface area (Å²) >= 11 is 1.28. The SMILES string of the molecule is Cn1ccc2cc(SN)ccc21. The summed E-state index contributed by atoms with van der Waals surface area (Å²) in [5.74, 6) is 0. The van der Waals surface area contributed by atoms with Crippen LogP contribution in [0.4, 0.5) is 0 Å². The van der Waals surface area contributed by atoms with E-state index in [0.29, 0.717) is 0 Å². The first-order valence-electron chi connectivity index (χ1n) is 3.73. The van der Waals surface area contributed by atoms with Crippen LogP contribution in [0, 0.1) is 0 Å². The Labute approximate surface area is 75.5 Å². The molecule has 2 aromatic rings. The molecule has 0 saturated heterocycles. The first-order chi connectivity index (χ1) is 5.81. The lowest BCUT2D eigenvalue weighted by atomic mass is 10.2. The molecule has 12 heavy (non-hydrogen) atoms. The van der Waals surface area contributed by atoms with E-state index in [1.807, 2.05) is 13.1 Å². The van der Waals surface area contributed by atoms with E-state index < -0.39 is 0 Å². The Bertz CT molecular complexity index is 406. The maximum Gasteiger partial charge on any atom is 0.0478 e. The zero-order valence-electron chi connectivity index (χ0n) is 6.82. The van der Waals surface area contributed by atoms with E-state index in [0.717, 1.165) is 4.90 Å². The van der Waals surface area contributed by atoms with E-state index in [1.165, 1.54) is 22.9 Å². The van der Waals surface area contributed by atoms with Gasteiger partial charge in [-0.15, -0.1) is 0 Å². The third kappa shape index (κ3) is 1.11. The summed E-state index contributed by atoms with van der Waals surface area (Å²) in [4.78, 5) is 1.11. The third-order valence-electron chi connectivity index (χ3n) is 1.99. The van der Waals surface area contributed by atoms with Gasteiger partial charge in [0.05, 0.1) is 0 Å². The smallest absolute Gasteiger partial charge is 0.0478 e. The van der Waals surface area contributed by atoms with Crippen LogP contribution in [0.2, 0.25) is 0 Å². The van der Waals surface area contributed by atoms with Gasteiger partial charge in [0.2, 0.25) is 0 Å². The maximum absolute atomic E-state index is 5.46. The Morgan fingerprint density at radius 3 is 2.92 bits per heavy atom. The van der Waals surface area contributed by atoms with Crippen LogP contribution < -0.4 is 5.14 Å². The van der Waals surface area contributed by atoms with Crippen LogP contribution in [0.1, 0.15) is 0 Å². The molecule has 2 rings (SSSR count). The van der Waals surface area contributed by atoms with Crippen LogP contribution in [0.3, 0.4) is 0 Å². The van der Waals surface area contributed by atoms with Gasteiger partial charge in [0.15, 0.2) is 0 Å². The minimum atomic E-state index is 1.11. The zero-order valence-corrected chi connectivity index (χ0v) is 7.64. The van der Waals surface area contributed by atoms with Gasteiger partial charge >= 0.3 is 0 Å². The van der Waals surface area contributed by atoms with Gasteiger partial charge in [-0.1, -0.05) is 0 Å². The fourth-order valence-corrected chi connectivity index (χ4v) is 1.67. The van der Waals surface area contributed by atoms with Crippen molar-refractivity contribution in [2.24, 2.45) is 12.2 Å². The molecule has 0 atom stereocenters. The van der Waals surface area contributed by atoms with Gasteiger partial charge in [0.25, 0.3) is 0 Å². The molecule has 3 heteroatoms. The van der Waals surface area contributed by atoms with Crippen molar-refractivity contribution >= 4 is 22.9 Å². The Kier molecular flexibility index (Phi) is 1.83. The second kappa shape index (κ2) is 2.84. The number of rotatable bonds is 1. The number of hydrogen-bond acceptors (Lipinski definition) is 2. The van der Waals surface area contributed by atoms with Crippen LogP contribution in [0.25, 0.3) is 10.9 Å². The van der Waals surface area contributed by atoms with Crippen LogP contribution in [0.15, 0.2) is 35.4 Å². The number of benzene rings is 1. The minimum Gasteiger partial charge on any atom is -0.351 e. The molecule has 0 aliphatic carbocycles. The van der Waals surface area contributed by atoms with Crippen LogP contribution in [-0.2, 0) is 7.05 Å². The highest BCUT2D eigenvalue weighted by Crippen LogP contribution is 2.20. The van der Waals surface area contributed by atoms with Gasteiger partial charge in [-0.2, -0.15) is 0 Å². The number of hydrogen-bond donors (Lipinski definition) is 1. The molecule has 0 fully saturated rings. The van der Waals surface area contributed by atoms with Gasteiger partial charge in [-0.25, -0.2) is 0 Å². The molecule has 1 aromatic carbocycles. The number of aromatic nitrogens is 1. The topological polar surface area (TPSA) is 30.9 Å². The van der Waals surface area contributed by atoms with Gasteiger partial charge < -0.3 is 4.57 Å². The van der Waals surface area contributed by atoms with Crippen molar-refractivity contribution in [1.29, 1.82) is 0 Å². The molecule has 2 N–H and O–H groups in total. The van der Waals surface area contributed by atoms with Crippen molar-refractivity contribution in [1.82, 2.24) is 4.57 Å². The number of nitrogens with two attached hydrogens (primary N) is 1. The minimum absolute atomic E-state index is 1.11. The van der Waals surface area contributed by atoms with Gasteiger partial charge in [0, 0.05) is 29.0 Å². The van der Waals surface area contributed by atoms with E-state index in [9.17, 15) is 0 Å². The van der Waals surface area contributed by atoms with Crippen molar-refractivity contribution in [3.05, 3.63) is 30.5 Å². The summed E-state index contributed by atoms with van der Waals surface area (Å²) in [6, 6.07) is 8.31. The molecule has 0 spiro atoms. The lowest BCUT2D eigenvalue weighted by molar-refractivity contribution is 0.969. The average Bonchev–Trinajstić information content (AvgIpc) is 2.47. The molecule has 0 unspecified atom stereocenters. The molecule has 62 valence electrons. The van der Waals surface area contributed by atoms with Gasteiger partial charge in [0.1, 0.15) is 0 Å². The summed E-state index contributed by atoms with van der Waals surface area (Å²) in [6.45, 7) is 0. The average molecular weight is 178 g/mol. The lowest BCUT2D eigenvalue weighted by Gasteiger charge is -1.97. The number of fused-ring (bicyclic) bond motifs is 1.